The molecule has 6 heteroatoms. The maximum atomic E-state index is 13.4. The summed E-state index contributed by atoms with van der Waals surface area (Å²) in [4.78, 5) is 31.6. The predicted molar refractivity (Wildman–Crippen MR) is 118 cm³/mol. The molecule has 1 aliphatic heterocycles. The van der Waals surface area contributed by atoms with Crippen molar-refractivity contribution >= 4 is 22.6 Å². The Balaban J connectivity index is 1.63. The minimum atomic E-state index is -0.291. The van der Waals surface area contributed by atoms with Crippen molar-refractivity contribution in [2.75, 3.05) is 4.90 Å². The lowest BCUT2D eigenvalue weighted by molar-refractivity contribution is 0.0980. The van der Waals surface area contributed by atoms with Gasteiger partial charge in [-0.1, -0.05) is 35.9 Å². The molecule has 0 saturated heterocycles. The SMILES string of the molecule is Cc1ccc(-n2nc(C)c3c(=O)c(C(=O)N4c5ccccc5C[C@@H]4C)c[nH]c32)cc1. The van der Waals surface area contributed by atoms with Gasteiger partial charge in [0.2, 0.25) is 5.43 Å². The van der Waals surface area contributed by atoms with Crippen molar-refractivity contribution in [3.05, 3.63) is 87.3 Å². The Bertz CT molecular complexity index is 1350. The maximum Gasteiger partial charge on any atom is 0.264 e. The molecule has 0 bridgehead atoms. The molecule has 1 aliphatic rings. The van der Waals surface area contributed by atoms with E-state index >= 15 is 0 Å². The molecule has 0 radical (unpaired) electrons. The molecule has 2 aromatic carbocycles. The molecule has 4 aromatic rings. The summed E-state index contributed by atoms with van der Waals surface area (Å²) in [5, 5.41) is 5.01. The fraction of sp³-hybridized carbons (Fsp3) is 0.208. The monoisotopic (exact) mass is 398 g/mol. The highest BCUT2D eigenvalue weighted by molar-refractivity contribution is 6.08. The van der Waals surface area contributed by atoms with Crippen LogP contribution in [0, 0.1) is 13.8 Å². The fourth-order valence-electron chi connectivity index (χ4n) is 4.31. The summed E-state index contributed by atoms with van der Waals surface area (Å²) in [6, 6.07) is 15.8. The number of carbonyl (C=O) groups excluding carboxylic acids is 1. The van der Waals surface area contributed by atoms with Gasteiger partial charge in [0.15, 0.2) is 0 Å². The summed E-state index contributed by atoms with van der Waals surface area (Å²) in [6.45, 7) is 5.82. The largest absolute Gasteiger partial charge is 0.345 e. The third kappa shape index (κ3) is 2.68. The van der Waals surface area contributed by atoms with Gasteiger partial charge in [-0.15, -0.1) is 0 Å². The lowest BCUT2D eigenvalue weighted by Gasteiger charge is -2.22. The summed E-state index contributed by atoms with van der Waals surface area (Å²) >= 11 is 0. The van der Waals surface area contributed by atoms with Gasteiger partial charge in [-0.3, -0.25) is 9.59 Å². The Morgan fingerprint density at radius 3 is 2.60 bits per heavy atom. The molecule has 150 valence electrons. The number of pyridine rings is 1. The van der Waals surface area contributed by atoms with Gasteiger partial charge in [-0.2, -0.15) is 5.10 Å². The molecule has 2 aromatic heterocycles. The van der Waals surface area contributed by atoms with E-state index in [0.717, 1.165) is 28.9 Å². The number of aromatic amines is 1. The number of para-hydroxylation sites is 1. The number of hydrogen-bond acceptors (Lipinski definition) is 3. The molecule has 5 rings (SSSR count). The summed E-state index contributed by atoms with van der Waals surface area (Å²) < 4.78 is 1.72. The van der Waals surface area contributed by atoms with Crippen LogP contribution in [0.25, 0.3) is 16.7 Å². The van der Waals surface area contributed by atoms with Crippen molar-refractivity contribution < 1.29 is 4.79 Å². The average molecular weight is 398 g/mol. The minimum Gasteiger partial charge on any atom is -0.345 e. The molecular weight excluding hydrogens is 376 g/mol. The molecule has 1 amide bonds. The molecule has 6 nitrogen and oxygen atoms in total. The molecule has 0 spiro atoms. The third-order valence-electron chi connectivity index (χ3n) is 5.82. The molecule has 1 atom stereocenters. The number of fused-ring (bicyclic) bond motifs is 2. The molecule has 3 heterocycles. The Morgan fingerprint density at radius 2 is 1.83 bits per heavy atom. The number of aromatic nitrogens is 3. The number of benzene rings is 2. The van der Waals surface area contributed by atoms with Crippen molar-refractivity contribution in [2.45, 2.75) is 33.2 Å². The van der Waals surface area contributed by atoms with E-state index in [1.807, 2.05) is 62.4 Å². The first kappa shape index (κ1) is 18.4. The van der Waals surface area contributed by atoms with Crippen LogP contribution < -0.4 is 10.3 Å². The van der Waals surface area contributed by atoms with E-state index in [0.29, 0.717) is 16.7 Å². The molecule has 1 N–H and O–H groups in total. The van der Waals surface area contributed by atoms with Gasteiger partial charge < -0.3 is 9.88 Å². The highest BCUT2D eigenvalue weighted by Gasteiger charge is 2.33. The summed E-state index contributed by atoms with van der Waals surface area (Å²) in [5.74, 6) is -0.280. The average Bonchev–Trinajstić information content (AvgIpc) is 3.25. The van der Waals surface area contributed by atoms with Gasteiger partial charge in [-0.05, 0) is 51.0 Å². The van der Waals surface area contributed by atoms with Gasteiger partial charge in [0, 0.05) is 17.9 Å². The number of carbonyl (C=O) groups is 1. The van der Waals surface area contributed by atoms with E-state index < -0.39 is 0 Å². The number of H-pyrrole nitrogens is 1. The van der Waals surface area contributed by atoms with E-state index in [-0.39, 0.29) is 22.9 Å². The zero-order chi connectivity index (χ0) is 21.0. The van der Waals surface area contributed by atoms with Crippen LogP contribution in [0.15, 0.2) is 59.5 Å². The molecule has 0 fully saturated rings. The summed E-state index contributed by atoms with van der Waals surface area (Å²) in [7, 11) is 0. The van der Waals surface area contributed by atoms with Gasteiger partial charge >= 0.3 is 0 Å². The first-order valence-electron chi connectivity index (χ1n) is 10.0. The van der Waals surface area contributed by atoms with E-state index in [4.69, 9.17) is 0 Å². The minimum absolute atomic E-state index is 0.00127. The van der Waals surface area contributed by atoms with Crippen LogP contribution in [-0.4, -0.2) is 26.7 Å². The first-order chi connectivity index (χ1) is 14.5. The van der Waals surface area contributed by atoms with E-state index in [9.17, 15) is 9.59 Å². The van der Waals surface area contributed by atoms with Crippen LogP contribution in [0.4, 0.5) is 5.69 Å². The van der Waals surface area contributed by atoms with Crippen molar-refractivity contribution in [1.29, 1.82) is 0 Å². The lowest BCUT2D eigenvalue weighted by Crippen LogP contribution is -2.38. The summed E-state index contributed by atoms with van der Waals surface area (Å²) in [5.41, 5.74) is 5.03. The zero-order valence-corrected chi connectivity index (χ0v) is 17.1. The van der Waals surface area contributed by atoms with Crippen LogP contribution in [0.5, 0.6) is 0 Å². The molecule has 0 aliphatic carbocycles. The number of aryl methyl sites for hydroxylation is 2. The van der Waals surface area contributed by atoms with Gasteiger partial charge in [0.05, 0.1) is 16.8 Å². The highest BCUT2D eigenvalue weighted by Crippen LogP contribution is 2.32. The van der Waals surface area contributed by atoms with Gasteiger partial charge in [-0.25, -0.2) is 4.68 Å². The lowest BCUT2D eigenvalue weighted by atomic mass is 10.1. The Morgan fingerprint density at radius 1 is 1.10 bits per heavy atom. The zero-order valence-electron chi connectivity index (χ0n) is 17.1. The van der Waals surface area contributed by atoms with Crippen molar-refractivity contribution in [3.8, 4) is 5.69 Å². The topological polar surface area (TPSA) is 71.0 Å². The molecule has 0 unspecified atom stereocenters. The van der Waals surface area contributed by atoms with Crippen LogP contribution >= 0.6 is 0 Å². The molecular formula is C24H22N4O2. The van der Waals surface area contributed by atoms with Crippen molar-refractivity contribution in [1.82, 2.24) is 14.8 Å². The Labute approximate surface area is 173 Å². The number of rotatable bonds is 2. The second kappa shape index (κ2) is 6.69. The predicted octanol–water partition coefficient (Wildman–Crippen LogP) is 3.92. The van der Waals surface area contributed by atoms with Gasteiger partial charge in [0.25, 0.3) is 5.91 Å². The fourth-order valence-corrected chi connectivity index (χ4v) is 4.31. The quantitative estimate of drug-likeness (QED) is 0.556. The smallest absolute Gasteiger partial charge is 0.264 e. The highest BCUT2D eigenvalue weighted by atomic mass is 16.2. The van der Waals surface area contributed by atoms with Crippen LogP contribution in [-0.2, 0) is 6.42 Å². The number of anilines is 1. The molecule has 30 heavy (non-hydrogen) atoms. The van der Waals surface area contributed by atoms with Crippen molar-refractivity contribution in [3.63, 3.8) is 0 Å². The Hall–Kier alpha value is -3.67. The standard InChI is InChI=1S/C24H22N4O2/c1-14-8-10-18(11-9-14)28-23-21(16(3)26-28)22(29)19(13-25-23)24(30)27-15(2)12-17-6-4-5-7-20(17)27/h4-11,13,15H,12H2,1-3H3,(H,25,29)/t15-/m0/s1. The number of nitrogens with one attached hydrogen (secondary N) is 1. The second-order valence-electron chi connectivity index (χ2n) is 7.94. The van der Waals surface area contributed by atoms with Crippen LogP contribution in [0.2, 0.25) is 0 Å². The van der Waals surface area contributed by atoms with E-state index in [1.54, 1.807) is 16.5 Å². The number of amides is 1. The van der Waals surface area contributed by atoms with Crippen LogP contribution in [0.3, 0.4) is 0 Å². The number of hydrogen-bond donors (Lipinski definition) is 1. The normalized spacial score (nSPS) is 15.6. The second-order valence-corrected chi connectivity index (χ2v) is 7.94. The van der Waals surface area contributed by atoms with E-state index in [1.165, 1.54) is 6.20 Å². The first-order valence-corrected chi connectivity index (χ1v) is 10.0. The van der Waals surface area contributed by atoms with Gasteiger partial charge in [0.1, 0.15) is 11.2 Å². The van der Waals surface area contributed by atoms with Crippen LogP contribution in [0.1, 0.15) is 34.1 Å². The van der Waals surface area contributed by atoms with Crippen molar-refractivity contribution in [2.24, 2.45) is 0 Å². The summed E-state index contributed by atoms with van der Waals surface area (Å²) in [6.07, 6.45) is 2.30. The Kier molecular flexibility index (Phi) is 4.10. The third-order valence-corrected chi connectivity index (χ3v) is 5.82. The molecule has 0 saturated carbocycles. The maximum absolute atomic E-state index is 13.4. The van der Waals surface area contributed by atoms with E-state index in [2.05, 4.69) is 10.1 Å². The number of nitrogens with zero attached hydrogens (tertiary/aromatic N) is 3.